The lowest BCUT2D eigenvalue weighted by Crippen LogP contribution is -2.05. The van der Waals surface area contributed by atoms with Crippen LogP contribution in [0.5, 0.6) is 0 Å². The molecule has 0 aliphatic carbocycles. The van der Waals surface area contributed by atoms with Crippen LogP contribution in [0.1, 0.15) is 41.8 Å². The average molecular weight is 332 g/mol. The van der Waals surface area contributed by atoms with E-state index in [0.29, 0.717) is 11.3 Å². The van der Waals surface area contributed by atoms with Gasteiger partial charge in [-0.2, -0.15) is 5.26 Å². The van der Waals surface area contributed by atoms with E-state index < -0.39 is 0 Å². The van der Waals surface area contributed by atoms with Crippen LogP contribution in [0.4, 0.5) is 5.69 Å². The van der Waals surface area contributed by atoms with Gasteiger partial charge in [0.1, 0.15) is 11.6 Å². The molecule has 25 heavy (non-hydrogen) atoms. The third-order valence-corrected chi connectivity index (χ3v) is 3.66. The maximum absolute atomic E-state index is 12.5. The van der Waals surface area contributed by atoms with Crippen LogP contribution in [0.2, 0.25) is 0 Å². The molecule has 4 heteroatoms. The summed E-state index contributed by atoms with van der Waals surface area (Å²) < 4.78 is 0. The second kappa shape index (κ2) is 8.60. The summed E-state index contributed by atoms with van der Waals surface area (Å²) in [5.74, 6) is -0.445. The van der Waals surface area contributed by atoms with Gasteiger partial charge in [-0.25, -0.2) is 0 Å². The van der Waals surface area contributed by atoms with Crippen LogP contribution in [0.15, 0.2) is 54.1 Å². The molecule has 1 N–H and O–H groups in total. The Morgan fingerprint density at radius 3 is 2.24 bits per heavy atom. The van der Waals surface area contributed by atoms with E-state index in [9.17, 15) is 14.9 Å². The highest BCUT2D eigenvalue weighted by Crippen LogP contribution is 2.16. The number of nitrogens with one attached hydrogen (secondary N) is 1. The first-order valence-electron chi connectivity index (χ1n) is 8.16. The molecule has 0 saturated heterocycles. The van der Waals surface area contributed by atoms with Crippen LogP contribution in [0.3, 0.4) is 0 Å². The summed E-state index contributed by atoms with van der Waals surface area (Å²) in [5.41, 5.74) is 3.15. The van der Waals surface area contributed by atoms with Gasteiger partial charge in [-0.15, -0.1) is 0 Å². The predicted molar refractivity (Wildman–Crippen MR) is 99.1 cm³/mol. The summed E-state index contributed by atoms with van der Waals surface area (Å²) in [7, 11) is 0. The Labute approximate surface area is 147 Å². The summed E-state index contributed by atoms with van der Waals surface area (Å²) in [6.07, 6.45) is 3.57. The van der Waals surface area contributed by atoms with Crippen molar-refractivity contribution in [2.45, 2.75) is 26.7 Å². The normalized spacial score (nSPS) is 10.8. The van der Waals surface area contributed by atoms with Crippen molar-refractivity contribution in [2.24, 2.45) is 0 Å². The number of allylic oxidation sites excluding steroid dienone is 1. The van der Waals surface area contributed by atoms with Gasteiger partial charge in [-0.1, -0.05) is 49.7 Å². The fourth-order valence-corrected chi connectivity index (χ4v) is 2.45. The molecule has 0 unspecified atom stereocenters. The minimum atomic E-state index is -0.295. The Morgan fingerprint density at radius 1 is 1.08 bits per heavy atom. The Balaban J connectivity index is 2.20. The lowest BCUT2D eigenvalue weighted by molar-refractivity contribution is -0.114. The van der Waals surface area contributed by atoms with Crippen molar-refractivity contribution in [1.29, 1.82) is 5.26 Å². The lowest BCUT2D eigenvalue weighted by atomic mass is 10.00. The first-order valence-corrected chi connectivity index (χ1v) is 8.16. The van der Waals surface area contributed by atoms with Gasteiger partial charge in [0.05, 0.1) is 0 Å². The average Bonchev–Trinajstić information content (AvgIpc) is 2.61. The van der Waals surface area contributed by atoms with Gasteiger partial charge in [0, 0.05) is 18.2 Å². The number of aryl methyl sites for hydroxylation is 1. The van der Waals surface area contributed by atoms with Crippen LogP contribution >= 0.6 is 0 Å². The van der Waals surface area contributed by atoms with Crippen LogP contribution in [0, 0.1) is 11.3 Å². The quantitative estimate of drug-likeness (QED) is 0.484. The monoisotopic (exact) mass is 332 g/mol. The van der Waals surface area contributed by atoms with Gasteiger partial charge >= 0.3 is 0 Å². The zero-order valence-corrected chi connectivity index (χ0v) is 14.4. The Bertz CT molecular complexity index is 826. The molecule has 0 atom stereocenters. The number of nitrogens with zero attached hydrogens (tertiary/aromatic N) is 1. The number of carbonyl (C=O) groups is 2. The standard InChI is InChI=1S/C21H20N2O2/c1-3-4-16-5-9-18(10-6-16)21(25)19(14-22)13-17-7-11-20(12-8-17)23-15(2)24/h5-13H,3-4H2,1-2H3,(H,23,24)/b19-13+. The SMILES string of the molecule is CCCc1ccc(C(=O)/C(C#N)=C/c2ccc(NC(C)=O)cc2)cc1. The van der Waals surface area contributed by atoms with Crippen LogP contribution in [-0.4, -0.2) is 11.7 Å². The molecule has 0 radical (unpaired) electrons. The molecule has 0 aliphatic rings. The van der Waals surface area contributed by atoms with Crippen molar-refractivity contribution >= 4 is 23.5 Å². The zero-order valence-electron chi connectivity index (χ0n) is 14.4. The highest BCUT2D eigenvalue weighted by molar-refractivity contribution is 6.14. The molecule has 126 valence electrons. The third kappa shape index (κ3) is 5.15. The maximum atomic E-state index is 12.5. The molecule has 2 aromatic rings. The van der Waals surface area contributed by atoms with Crippen molar-refractivity contribution in [3.8, 4) is 6.07 Å². The summed E-state index contributed by atoms with van der Waals surface area (Å²) in [6, 6.07) is 16.3. The fourth-order valence-electron chi connectivity index (χ4n) is 2.45. The maximum Gasteiger partial charge on any atom is 0.221 e. The highest BCUT2D eigenvalue weighted by Gasteiger charge is 2.12. The van der Waals surface area contributed by atoms with Crippen LogP contribution in [-0.2, 0) is 11.2 Å². The minimum absolute atomic E-state index is 0.0792. The third-order valence-electron chi connectivity index (χ3n) is 3.66. The molecule has 0 bridgehead atoms. The largest absolute Gasteiger partial charge is 0.326 e. The first kappa shape index (κ1) is 18.2. The molecule has 0 fully saturated rings. The van der Waals surface area contributed by atoms with E-state index in [4.69, 9.17) is 0 Å². The highest BCUT2D eigenvalue weighted by atomic mass is 16.1. The summed E-state index contributed by atoms with van der Waals surface area (Å²) in [5, 5.41) is 12.0. The molecule has 0 aliphatic heterocycles. The minimum Gasteiger partial charge on any atom is -0.326 e. The number of hydrogen-bond donors (Lipinski definition) is 1. The van der Waals surface area contributed by atoms with E-state index in [1.807, 2.05) is 18.2 Å². The molecular weight excluding hydrogens is 312 g/mol. The molecular formula is C21H20N2O2. The molecule has 0 aromatic heterocycles. The van der Waals surface area contributed by atoms with Crippen LogP contribution in [0.25, 0.3) is 6.08 Å². The Kier molecular flexibility index (Phi) is 6.25. The van der Waals surface area contributed by atoms with E-state index in [-0.39, 0.29) is 17.3 Å². The summed E-state index contributed by atoms with van der Waals surface area (Å²) in [6.45, 7) is 3.54. The molecule has 0 heterocycles. The topological polar surface area (TPSA) is 70.0 Å². The van der Waals surface area contributed by atoms with Gasteiger partial charge in [0.2, 0.25) is 11.7 Å². The first-order chi connectivity index (χ1) is 12.0. The lowest BCUT2D eigenvalue weighted by Gasteiger charge is -2.04. The van der Waals surface area contributed by atoms with Crippen molar-refractivity contribution < 1.29 is 9.59 Å². The molecule has 0 spiro atoms. The number of rotatable bonds is 6. The van der Waals surface area contributed by atoms with E-state index >= 15 is 0 Å². The number of carbonyl (C=O) groups excluding carboxylic acids is 2. The second-order valence-corrected chi connectivity index (χ2v) is 5.75. The fraction of sp³-hybridized carbons (Fsp3) is 0.190. The summed E-state index contributed by atoms with van der Waals surface area (Å²) >= 11 is 0. The second-order valence-electron chi connectivity index (χ2n) is 5.75. The molecule has 1 amide bonds. The number of ketones is 1. The van der Waals surface area contributed by atoms with Gasteiger partial charge in [-0.05, 0) is 35.8 Å². The van der Waals surface area contributed by atoms with Crippen molar-refractivity contribution in [2.75, 3.05) is 5.32 Å². The van der Waals surface area contributed by atoms with Gasteiger partial charge in [-0.3, -0.25) is 9.59 Å². The van der Waals surface area contributed by atoms with Gasteiger partial charge in [0.25, 0.3) is 0 Å². The number of nitriles is 1. The van der Waals surface area contributed by atoms with Crippen molar-refractivity contribution in [3.05, 3.63) is 70.8 Å². The van der Waals surface area contributed by atoms with E-state index in [0.717, 1.165) is 18.4 Å². The van der Waals surface area contributed by atoms with Crippen molar-refractivity contribution in [3.63, 3.8) is 0 Å². The van der Waals surface area contributed by atoms with Crippen molar-refractivity contribution in [1.82, 2.24) is 0 Å². The molecule has 2 aromatic carbocycles. The number of Topliss-reactive ketones (excluding diaryl/α,β-unsaturated/α-hetero) is 1. The molecule has 2 rings (SSSR count). The molecule has 4 nitrogen and oxygen atoms in total. The smallest absolute Gasteiger partial charge is 0.221 e. The van der Waals surface area contributed by atoms with E-state index in [1.165, 1.54) is 12.5 Å². The van der Waals surface area contributed by atoms with Gasteiger partial charge in [0.15, 0.2) is 0 Å². The van der Waals surface area contributed by atoms with Crippen LogP contribution < -0.4 is 5.32 Å². The van der Waals surface area contributed by atoms with E-state index in [2.05, 4.69) is 12.2 Å². The number of amides is 1. The Morgan fingerprint density at radius 2 is 1.72 bits per heavy atom. The van der Waals surface area contributed by atoms with Gasteiger partial charge < -0.3 is 5.32 Å². The predicted octanol–water partition coefficient (Wildman–Crippen LogP) is 4.39. The molecule has 0 saturated carbocycles. The Hall–Kier alpha value is -3.19. The number of hydrogen-bond acceptors (Lipinski definition) is 3. The zero-order chi connectivity index (χ0) is 18.2. The van der Waals surface area contributed by atoms with E-state index in [1.54, 1.807) is 42.5 Å². The summed E-state index contributed by atoms with van der Waals surface area (Å²) in [4.78, 5) is 23.5. The number of benzene rings is 2. The number of anilines is 1.